The van der Waals surface area contributed by atoms with Crippen LogP contribution < -0.4 is 0 Å². The van der Waals surface area contributed by atoms with Crippen molar-refractivity contribution in [1.29, 1.82) is 0 Å². The summed E-state index contributed by atoms with van der Waals surface area (Å²) in [5.74, 6) is 0. The van der Waals surface area contributed by atoms with Crippen molar-refractivity contribution in [2.75, 3.05) is 19.8 Å². The highest BCUT2D eigenvalue weighted by atomic mass is 127. The second-order valence-corrected chi connectivity index (χ2v) is 3.48. The third kappa shape index (κ3) is 2.23. The van der Waals surface area contributed by atoms with Crippen LogP contribution in [0.15, 0.2) is 0 Å². The van der Waals surface area contributed by atoms with Gasteiger partial charge in [-0.1, -0.05) is 0 Å². The molecular formula is C4H7IO3S. The van der Waals surface area contributed by atoms with Crippen LogP contribution >= 0.6 is 30.4 Å². The first-order valence-electron chi connectivity index (χ1n) is 2.47. The summed E-state index contributed by atoms with van der Waals surface area (Å²) in [6.45, 7) is 1.18. The van der Waals surface area contributed by atoms with Crippen molar-refractivity contribution >= 4 is 30.4 Å². The molecule has 9 heavy (non-hydrogen) atoms. The molecule has 3 nitrogen and oxygen atoms in total. The fraction of sp³-hybridized carbons (Fsp3) is 1.00. The first kappa shape index (κ1) is 8.06. The fourth-order valence-electron chi connectivity index (χ4n) is 0.553. The van der Waals surface area contributed by atoms with E-state index in [2.05, 4.69) is 0 Å². The highest BCUT2D eigenvalue weighted by Gasteiger charge is 2.36. The lowest BCUT2D eigenvalue weighted by Crippen LogP contribution is -2.52. The Bertz CT molecular complexity index is 95.8. The van der Waals surface area contributed by atoms with E-state index in [0.717, 1.165) is 0 Å². The second kappa shape index (κ2) is 3.38. The van der Waals surface area contributed by atoms with Crippen LogP contribution in [0.1, 0.15) is 0 Å². The average molecular weight is 262 g/mol. The molecule has 1 saturated heterocycles. The molecule has 0 amide bonds. The number of ether oxygens (including phenoxy) is 1. The monoisotopic (exact) mass is 262 g/mol. The van der Waals surface area contributed by atoms with Crippen LogP contribution in [0.4, 0.5) is 0 Å². The summed E-state index contributed by atoms with van der Waals surface area (Å²) in [5, 5.41) is 9.27. The van der Waals surface area contributed by atoms with Gasteiger partial charge in [0.2, 0.25) is 0 Å². The van der Waals surface area contributed by atoms with Gasteiger partial charge in [-0.3, -0.25) is 0 Å². The van der Waals surface area contributed by atoms with Gasteiger partial charge in [0.15, 0.2) is 0 Å². The molecule has 0 aromatic carbocycles. The SMILES string of the molecule is OC1(COSI)COC1. The summed E-state index contributed by atoms with van der Waals surface area (Å²) >= 11 is 2.01. The van der Waals surface area contributed by atoms with Crippen molar-refractivity contribution in [3.63, 3.8) is 0 Å². The lowest BCUT2D eigenvalue weighted by Gasteiger charge is -2.35. The van der Waals surface area contributed by atoms with Gasteiger partial charge in [-0.25, -0.2) is 0 Å². The first-order valence-corrected chi connectivity index (χ1v) is 5.76. The van der Waals surface area contributed by atoms with Gasteiger partial charge >= 0.3 is 0 Å². The summed E-state index contributed by atoms with van der Waals surface area (Å²) in [5.41, 5.74) is -0.696. The van der Waals surface area contributed by atoms with Crippen LogP contribution in [-0.2, 0) is 8.92 Å². The molecule has 0 unspecified atom stereocenters. The standard InChI is InChI=1S/C4H7IO3S/c5-9-8-3-4(6)1-7-2-4/h6H,1-3H2. The van der Waals surface area contributed by atoms with Crippen LogP contribution in [0.2, 0.25) is 0 Å². The minimum Gasteiger partial charge on any atom is -0.383 e. The van der Waals surface area contributed by atoms with Gasteiger partial charge in [0, 0.05) is 21.2 Å². The van der Waals surface area contributed by atoms with Crippen molar-refractivity contribution in [2.24, 2.45) is 0 Å². The Kier molecular flexibility index (Phi) is 3.03. The fourth-order valence-corrected chi connectivity index (χ4v) is 1.20. The molecule has 0 bridgehead atoms. The highest BCUT2D eigenvalue weighted by molar-refractivity contribution is 14.2. The quantitative estimate of drug-likeness (QED) is 0.602. The molecule has 1 heterocycles. The van der Waals surface area contributed by atoms with E-state index in [1.165, 1.54) is 9.21 Å². The number of hydrogen-bond acceptors (Lipinski definition) is 4. The minimum atomic E-state index is -0.696. The number of rotatable bonds is 3. The molecule has 0 spiro atoms. The van der Waals surface area contributed by atoms with Crippen molar-refractivity contribution in [3.8, 4) is 0 Å². The zero-order chi connectivity index (χ0) is 6.74. The molecule has 1 N–H and O–H groups in total. The van der Waals surface area contributed by atoms with Gasteiger partial charge in [0.25, 0.3) is 0 Å². The molecule has 5 heteroatoms. The average Bonchev–Trinajstić information content (AvgIpc) is 1.79. The van der Waals surface area contributed by atoms with Gasteiger partial charge in [-0.2, -0.15) is 0 Å². The lowest BCUT2D eigenvalue weighted by molar-refractivity contribution is -0.190. The van der Waals surface area contributed by atoms with E-state index in [-0.39, 0.29) is 0 Å². The predicted octanol–water partition coefficient (Wildman–Crippen LogP) is 0.762. The maximum absolute atomic E-state index is 9.27. The Morgan fingerprint density at radius 1 is 1.78 bits per heavy atom. The maximum Gasteiger partial charge on any atom is 0.136 e. The number of hydrogen-bond donors (Lipinski definition) is 1. The van der Waals surface area contributed by atoms with Crippen molar-refractivity contribution in [1.82, 2.24) is 0 Å². The third-order valence-electron chi connectivity index (χ3n) is 1.11. The van der Waals surface area contributed by atoms with E-state index in [4.69, 9.17) is 8.92 Å². The summed E-state index contributed by atoms with van der Waals surface area (Å²) in [4.78, 5) is 0. The molecular weight excluding hydrogens is 255 g/mol. The first-order chi connectivity index (χ1) is 4.27. The van der Waals surface area contributed by atoms with Crippen LogP contribution in [-0.4, -0.2) is 30.5 Å². The molecule has 0 aliphatic carbocycles. The van der Waals surface area contributed by atoms with Crippen LogP contribution in [0.25, 0.3) is 0 Å². The van der Waals surface area contributed by atoms with Crippen LogP contribution in [0.3, 0.4) is 0 Å². The third-order valence-corrected chi connectivity index (χ3v) is 2.08. The molecule has 0 aromatic rings. The smallest absolute Gasteiger partial charge is 0.136 e. The normalized spacial score (nSPS) is 23.3. The lowest BCUT2D eigenvalue weighted by atomic mass is 10.1. The Morgan fingerprint density at radius 2 is 2.44 bits per heavy atom. The summed E-state index contributed by atoms with van der Waals surface area (Å²) in [6, 6.07) is 0. The zero-order valence-corrected chi connectivity index (χ0v) is 7.65. The van der Waals surface area contributed by atoms with Crippen LogP contribution in [0, 0.1) is 0 Å². The van der Waals surface area contributed by atoms with Gasteiger partial charge in [-0.05, 0) is 0 Å². The van der Waals surface area contributed by atoms with E-state index in [0.29, 0.717) is 19.8 Å². The largest absolute Gasteiger partial charge is 0.383 e. The molecule has 0 atom stereocenters. The summed E-state index contributed by atoms with van der Waals surface area (Å²) in [7, 11) is 1.23. The summed E-state index contributed by atoms with van der Waals surface area (Å²) in [6.07, 6.45) is 0. The van der Waals surface area contributed by atoms with E-state index in [9.17, 15) is 5.11 Å². The molecule has 54 valence electrons. The summed E-state index contributed by atoms with van der Waals surface area (Å²) < 4.78 is 9.71. The highest BCUT2D eigenvalue weighted by Crippen LogP contribution is 2.21. The molecule has 1 rings (SSSR count). The molecule has 1 aliphatic heterocycles. The number of aliphatic hydroxyl groups is 1. The van der Waals surface area contributed by atoms with Crippen molar-refractivity contribution < 1.29 is 14.0 Å². The Hall–Kier alpha value is 0.960. The van der Waals surface area contributed by atoms with Gasteiger partial charge < -0.3 is 14.0 Å². The molecule has 1 fully saturated rings. The van der Waals surface area contributed by atoms with Crippen molar-refractivity contribution in [2.45, 2.75) is 5.60 Å². The van der Waals surface area contributed by atoms with E-state index in [1.54, 1.807) is 0 Å². The Morgan fingerprint density at radius 3 is 2.78 bits per heavy atom. The van der Waals surface area contributed by atoms with Crippen molar-refractivity contribution in [3.05, 3.63) is 0 Å². The predicted molar refractivity (Wildman–Crippen MR) is 43.3 cm³/mol. The Labute approximate surface area is 69.9 Å². The molecule has 0 saturated carbocycles. The second-order valence-electron chi connectivity index (χ2n) is 2.04. The Balaban J connectivity index is 2.09. The van der Waals surface area contributed by atoms with Gasteiger partial charge in [-0.15, -0.1) is 0 Å². The molecule has 1 aliphatic rings. The minimum absolute atomic E-state index is 0.362. The van der Waals surface area contributed by atoms with E-state index < -0.39 is 5.60 Å². The maximum atomic E-state index is 9.27. The molecule has 0 radical (unpaired) electrons. The zero-order valence-electron chi connectivity index (χ0n) is 4.67. The molecule has 0 aromatic heterocycles. The van der Waals surface area contributed by atoms with Gasteiger partial charge in [0.1, 0.15) is 5.60 Å². The topological polar surface area (TPSA) is 38.7 Å². The van der Waals surface area contributed by atoms with E-state index >= 15 is 0 Å². The van der Waals surface area contributed by atoms with Crippen LogP contribution in [0.5, 0.6) is 0 Å². The van der Waals surface area contributed by atoms with Gasteiger partial charge in [0.05, 0.1) is 29.0 Å². The van der Waals surface area contributed by atoms with E-state index in [1.807, 2.05) is 21.2 Å². The number of halogens is 1.